The highest BCUT2D eigenvalue weighted by Crippen LogP contribution is 2.28. The average molecular weight is 327 g/mol. The lowest BCUT2D eigenvalue weighted by Gasteiger charge is -2.25. The van der Waals surface area contributed by atoms with E-state index in [9.17, 15) is 9.59 Å². The maximum atomic E-state index is 12.4. The largest absolute Gasteiger partial charge is 0.481 e. The fraction of sp³-hybridized carbons (Fsp3) is 0.500. The van der Waals surface area contributed by atoms with Gasteiger partial charge in [-0.3, -0.25) is 14.5 Å². The van der Waals surface area contributed by atoms with Gasteiger partial charge in [-0.1, -0.05) is 30.3 Å². The molecular formula is C16H23ClN2O3. The number of halogens is 1. The Kier molecular flexibility index (Phi) is 7.35. The van der Waals surface area contributed by atoms with Gasteiger partial charge in [0.25, 0.3) is 0 Å². The molecule has 1 amide bonds. The Morgan fingerprint density at radius 2 is 1.86 bits per heavy atom. The minimum atomic E-state index is -0.836. The van der Waals surface area contributed by atoms with E-state index < -0.39 is 5.97 Å². The number of carbonyl (C=O) groups excluding carboxylic acids is 1. The molecule has 1 saturated carbocycles. The van der Waals surface area contributed by atoms with Crippen LogP contribution in [0, 0.1) is 0 Å². The lowest BCUT2D eigenvalue weighted by molar-refractivity contribution is -0.138. The fourth-order valence-corrected chi connectivity index (χ4v) is 2.27. The van der Waals surface area contributed by atoms with Gasteiger partial charge in [-0.25, -0.2) is 0 Å². The second-order valence-corrected chi connectivity index (χ2v) is 5.62. The van der Waals surface area contributed by atoms with Crippen molar-refractivity contribution in [2.45, 2.75) is 31.8 Å². The number of benzene rings is 1. The molecule has 122 valence electrons. The predicted molar refractivity (Wildman–Crippen MR) is 87.0 cm³/mol. The van der Waals surface area contributed by atoms with E-state index in [4.69, 9.17) is 5.11 Å². The van der Waals surface area contributed by atoms with Gasteiger partial charge in [-0.15, -0.1) is 12.4 Å². The van der Waals surface area contributed by atoms with Crippen LogP contribution in [-0.2, 0) is 16.1 Å². The highest BCUT2D eigenvalue weighted by molar-refractivity contribution is 5.85. The van der Waals surface area contributed by atoms with E-state index in [-0.39, 0.29) is 31.3 Å². The molecule has 1 aromatic rings. The molecule has 0 aromatic heterocycles. The molecule has 1 aliphatic carbocycles. The predicted octanol–water partition coefficient (Wildman–Crippen LogP) is 2.01. The van der Waals surface area contributed by atoms with Gasteiger partial charge in [0.05, 0.1) is 13.0 Å². The summed E-state index contributed by atoms with van der Waals surface area (Å²) in [7, 11) is 1.79. The Balaban J connectivity index is 0.00000242. The molecule has 0 unspecified atom stereocenters. The van der Waals surface area contributed by atoms with E-state index >= 15 is 0 Å². The molecule has 0 radical (unpaired) electrons. The molecule has 0 spiro atoms. The summed E-state index contributed by atoms with van der Waals surface area (Å²) in [6, 6.07) is 10.3. The minimum Gasteiger partial charge on any atom is -0.481 e. The molecule has 1 aliphatic rings. The van der Waals surface area contributed by atoms with Crippen molar-refractivity contribution in [2.24, 2.45) is 0 Å². The Hall–Kier alpha value is -1.59. The number of hydrogen-bond donors (Lipinski definition) is 1. The second kappa shape index (κ2) is 8.76. The van der Waals surface area contributed by atoms with E-state index in [0.29, 0.717) is 19.1 Å². The first-order chi connectivity index (χ1) is 10.1. The van der Waals surface area contributed by atoms with Crippen molar-refractivity contribution >= 4 is 24.3 Å². The molecule has 1 N–H and O–H groups in total. The summed E-state index contributed by atoms with van der Waals surface area (Å²) < 4.78 is 0. The molecule has 0 aliphatic heterocycles. The van der Waals surface area contributed by atoms with Crippen LogP contribution in [0.15, 0.2) is 30.3 Å². The zero-order valence-corrected chi connectivity index (χ0v) is 13.6. The topological polar surface area (TPSA) is 60.9 Å². The molecule has 6 heteroatoms. The molecule has 1 aromatic carbocycles. The zero-order chi connectivity index (χ0) is 15.2. The van der Waals surface area contributed by atoms with Crippen LogP contribution < -0.4 is 0 Å². The van der Waals surface area contributed by atoms with Crippen molar-refractivity contribution in [3.05, 3.63) is 35.9 Å². The summed E-state index contributed by atoms with van der Waals surface area (Å²) in [5.41, 5.74) is 1.13. The second-order valence-electron chi connectivity index (χ2n) is 5.62. The van der Waals surface area contributed by atoms with Crippen molar-refractivity contribution in [3.63, 3.8) is 0 Å². The van der Waals surface area contributed by atoms with Crippen molar-refractivity contribution in [1.82, 2.24) is 9.80 Å². The van der Waals surface area contributed by atoms with Crippen molar-refractivity contribution in [3.8, 4) is 0 Å². The SMILES string of the molecule is CN(CCC(=O)O)CC(=O)N(Cc1ccccc1)C1CC1.Cl. The summed E-state index contributed by atoms with van der Waals surface area (Å²) in [6.45, 7) is 1.30. The van der Waals surface area contributed by atoms with Gasteiger partial charge in [-0.05, 0) is 25.5 Å². The summed E-state index contributed by atoms with van der Waals surface area (Å²) in [5, 5.41) is 8.68. The number of carboxylic acid groups (broad SMARTS) is 1. The fourth-order valence-electron chi connectivity index (χ4n) is 2.27. The number of likely N-dealkylation sites (N-methyl/N-ethyl adjacent to an activating group) is 1. The standard InChI is InChI=1S/C16H22N2O3.ClH/c1-17(10-9-16(20)21)12-15(19)18(14-7-8-14)11-13-5-3-2-4-6-13;/h2-6,14H,7-12H2,1H3,(H,20,21);1H. The van der Waals surface area contributed by atoms with Gasteiger partial charge in [0.2, 0.25) is 5.91 Å². The third-order valence-corrected chi connectivity index (χ3v) is 3.62. The van der Waals surface area contributed by atoms with Crippen molar-refractivity contribution in [1.29, 1.82) is 0 Å². The molecule has 0 saturated heterocycles. The van der Waals surface area contributed by atoms with Crippen LogP contribution in [0.5, 0.6) is 0 Å². The van der Waals surface area contributed by atoms with Gasteiger partial charge in [0.15, 0.2) is 0 Å². The third kappa shape index (κ3) is 6.03. The number of hydrogen-bond acceptors (Lipinski definition) is 3. The Labute approximate surface area is 137 Å². The molecule has 0 heterocycles. The van der Waals surface area contributed by atoms with Crippen LogP contribution in [0.25, 0.3) is 0 Å². The zero-order valence-electron chi connectivity index (χ0n) is 12.8. The van der Waals surface area contributed by atoms with Gasteiger partial charge >= 0.3 is 5.97 Å². The normalized spacial score (nSPS) is 13.5. The minimum absolute atomic E-state index is 0. The molecule has 2 rings (SSSR count). The van der Waals surface area contributed by atoms with Crippen LogP contribution in [0.2, 0.25) is 0 Å². The highest BCUT2D eigenvalue weighted by atomic mass is 35.5. The monoisotopic (exact) mass is 326 g/mol. The van der Waals surface area contributed by atoms with Crippen LogP contribution in [0.3, 0.4) is 0 Å². The molecule has 0 bridgehead atoms. The van der Waals surface area contributed by atoms with Gasteiger partial charge in [0.1, 0.15) is 0 Å². The number of carboxylic acids is 1. The summed E-state index contributed by atoms with van der Waals surface area (Å²) in [5.74, 6) is -0.758. The van der Waals surface area contributed by atoms with Crippen molar-refractivity contribution < 1.29 is 14.7 Å². The Morgan fingerprint density at radius 3 is 2.41 bits per heavy atom. The van der Waals surface area contributed by atoms with Crippen LogP contribution in [0.4, 0.5) is 0 Å². The van der Waals surface area contributed by atoms with Crippen LogP contribution in [-0.4, -0.2) is 53.0 Å². The first kappa shape index (κ1) is 18.5. The maximum absolute atomic E-state index is 12.4. The van der Waals surface area contributed by atoms with Gasteiger partial charge in [-0.2, -0.15) is 0 Å². The number of nitrogens with zero attached hydrogens (tertiary/aromatic N) is 2. The summed E-state index contributed by atoms with van der Waals surface area (Å²) >= 11 is 0. The maximum Gasteiger partial charge on any atom is 0.304 e. The number of amides is 1. The average Bonchev–Trinajstić information content (AvgIpc) is 3.28. The van der Waals surface area contributed by atoms with Gasteiger partial charge < -0.3 is 10.0 Å². The van der Waals surface area contributed by atoms with E-state index in [0.717, 1.165) is 18.4 Å². The van der Waals surface area contributed by atoms with E-state index in [1.807, 2.05) is 35.2 Å². The smallest absolute Gasteiger partial charge is 0.304 e. The number of aliphatic carboxylic acids is 1. The molecular weight excluding hydrogens is 304 g/mol. The first-order valence-electron chi connectivity index (χ1n) is 7.30. The van der Waals surface area contributed by atoms with E-state index in [2.05, 4.69) is 0 Å². The van der Waals surface area contributed by atoms with E-state index in [1.54, 1.807) is 11.9 Å². The molecule has 0 atom stereocenters. The van der Waals surface area contributed by atoms with Gasteiger partial charge in [0, 0.05) is 19.1 Å². The third-order valence-electron chi connectivity index (χ3n) is 3.62. The first-order valence-corrected chi connectivity index (χ1v) is 7.30. The molecule has 1 fully saturated rings. The summed E-state index contributed by atoms with van der Waals surface area (Å²) in [6.07, 6.45) is 2.20. The lowest BCUT2D eigenvalue weighted by atomic mass is 10.2. The number of carbonyl (C=O) groups is 2. The Bertz CT molecular complexity index is 491. The molecule has 22 heavy (non-hydrogen) atoms. The highest BCUT2D eigenvalue weighted by Gasteiger charge is 2.32. The summed E-state index contributed by atoms with van der Waals surface area (Å²) in [4.78, 5) is 26.7. The van der Waals surface area contributed by atoms with E-state index in [1.165, 1.54) is 0 Å². The lowest BCUT2D eigenvalue weighted by Crippen LogP contribution is -2.40. The number of rotatable bonds is 8. The van der Waals surface area contributed by atoms with Crippen LogP contribution in [0.1, 0.15) is 24.8 Å². The van der Waals surface area contributed by atoms with Crippen LogP contribution >= 0.6 is 12.4 Å². The quantitative estimate of drug-likeness (QED) is 0.794. The van der Waals surface area contributed by atoms with Crippen molar-refractivity contribution in [2.75, 3.05) is 20.1 Å². The molecule has 5 nitrogen and oxygen atoms in total. The Morgan fingerprint density at radius 1 is 1.23 bits per heavy atom.